The molecule has 1 aromatic carbocycles. The molecule has 0 radical (unpaired) electrons. The zero-order chi connectivity index (χ0) is 18.0. The van der Waals surface area contributed by atoms with Crippen LogP contribution in [-0.2, 0) is 6.42 Å². The van der Waals surface area contributed by atoms with Crippen LogP contribution >= 0.6 is 0 Å². The number of alkyl halides is 3. The highest BCUT2D eigenvalue weighted by Crippen LogP contribution is 2.18. The Morgan fingerprint density at radius 2 is 1.83 bits per heavy atom. The van der Waals surface area contributed by atoms with E-state index in [9.17, 15) is 13.2 Å². The van der Waals surface area contributed by atoms with Gasteiger partial charge in [-0.2, -0.15) is 13.2 Å². The fraction of sp³-hybridized carbons (Fsp3) is 0.588. The minimum absolute atomic E-state index is 0.172. The summed E-state index contributed by atoms with van der Waals surface area (Å²) >= 11 is 0. The van der Waals surface area contributed by atoms with Crippen LogP contribution in [0.5, 0.6) is 0 Å². The van der Waals surface area contributed by atoms with E-state index in [1.807, 2.05) is 39.2 Å². The van der Waals surface area contributed by atoms with E-state index in [4.69, 9.17) is 0 Å². The van der Waals surface area contributed by atoms with Gasteiger partial charge in [-0.3, -0.25) is 4.99 Å². The van der Waals surface area contributed by atoms with Gasteiger partial charge in [-0.25, -0.2) is 0 Å². The number of hydrogen-bond acceptors (Lipinski definition) is 2. The van der Waals surface area contributed by atoms with Gasteiger partial charge in [0.2, 0.25) is 0 Å². The molecule has 0 aliphatic rings. The summed E-state index contributed by atoms with van der Waals surface area (Å²) in [7, 11) is 3.96. The molecule has 136 valence electrons. The molecule has 0 aliphatic carbocycles. The first-order valence-corrected chi connectivity index (χ1v) is 8.11. The molecular formula is C17H27F3N4. The molecule has 1 atom stereocenters. The SMILES string of the molecule is CCNC(=NCC(Cc1ccccc1)N(C)C)NCCC(F)(F)F. The van der Waals surface area contributed by atoms with Gasteiger partial charge in [-0.15, -0.1) is 0 Å². The molecular weight excluding hydrogens is 317 g/mol. The molecule has 0 saturated heterocycles. The average molecular weight is 344 g/mol. The van der Waals surface area contributed by atoms with Gasteiger partial charge in [-0.05, 0) is 33.0 Å². The first-order valence-electron chi connectivity index (χ1n) is 8.11. The summed E-state index contributed by atoms with van der Waals surface area (Å²) in [4.78, 5) is 6.52. The third kappa shape index (κ3) is 8.76. The standard InChI is InChI=1S/C17H27F3N4/c1-4-21-16(22-11-10-17(18,19)20)23-13-15(24(2)3)12-14-8-6-5-7-9-14/h5-9,15H,4,10-13H2,1-3H3,(H2,21,22,23). The van der Waals surface area contributed by atoms with Crippen molar-refractivity contribution < 1.29 is 13.2 Å². The van der Waals surface area contributed by atoms with Gasteiger partial charge in [0.15, 0.2) is 5.96 Å². The molecule has 0 fully saturated rings. The van der Waals surface area contributed by atoms with Crippen molar-refractivity contribution in [2.45, 2.75) is 32.0 Å². The Kier molecular flexibility index (Phi) is 8.60. The summed E-state index contributed by atoms with van der Waals surface area (Å²) in [6, 6.07) is 10.3. The van der Waals surface area contributed by atoms with Crippen LogP contribution in [0.1, 0.15) is 18.9 Å². The highest BCUT2D eigenvalue weighted by atomic mass is 19.4. The maximum absolute atomic E-state index is 12.2. The van der Waals surface area contributed by atoms with Gasteiger partial charge >= 0.3 is 6.18 Å². The van der Waals surface area contributed by atoms with Crippen molar-refractivity contribution in [2.75, 3.05) is 33.7 Å². The topological polar surface area (TPSA) is 39.7 Å². The van der Waals surface area contributed by atoms with E-state index in [-0.39, 0.29) is 12.6 Å². The first kappa shape index (κ1) is 20.3. The Labute approximate surface area is 142 Å². The number of likely N-dealkylation sites (N-methyl/N-ethyl adjacent to an activating group) is 1. The maximum Gasteiger partial charge on any atom is 0.390 e. The summed E-state index contributed by atoms with van der Waals surface area (Å²) in [6.45, 7) is 2.81. The van der Waals surface area contributed by atoms with Crippen LogP contribution in [0.25, 0.3) is 0 Å². The summed E-state index contributed by atoms with van der Waals surface area (Å²) < 4.78 is 36.7. The van der Waals surface area contributed by atoms with Crippen LogP contribution in [0.4, 0.5) is 13.2 Å². The average Bonchev–Trinajstić information content (AvgIpc) is 2.50. The molecule has 0 spiro atoms. The van der Waals surface area contributed by atoms with E-state index in [2.05, 4.69) is 32.7 Å². The lowest BCUT2D eigenvalue weighted by Gasteiger charge is -2.23. The zero-order valence-electron chi connectivity index (χ0n) is 14.5. The normalized spacial score (nSPS) is 13.9. The summed E-state index contributed by atoms with van der Waals surface area (Å²) in [6.07, 6.45) is -4.21. The third-order valence-electron chi connectivity index (χ3n) is 3.55. The lowest BCUT2D eigenvalue weighted by Crippen LogP contribution is -2.40. The van der Waals surface area contributed by atoms with Crippen LogP contribution in [0.3, 0.4) is 0 Å². The second kappa shape index (κ2) is 10.2. The molecule has 1 rings (SSSR count). The monoisotopic (exact) mass is 344 g/mol. The number of halogens is 3. The second-order valence-electron chi connectivity index (χ2n) is 5.82. The predicted molar refractivity (Wildman–Crippen MR) is 92.3 cm³/mol. The Balaban J connectivity index is 2.62. The molecule has 0 heterocycles. The van der Waals surface area contributed by atoms with Crippen molar-refractivity contribution in [1.29, 1.82) is 0 Å². The molecule has 1 aromatic rings. The van der Waals surface area contributed by atoms with Crippen molar-refractivity contribution in [3.05, 3.63) is 35.9 Å². The highest BCUT2D eigenvalue weighted by Gasteiger charge is 2.26. The van der Waals surface area contributed by atoms with Crippen LogP contribution in [-0.4, -0.2) is 56.8 Å². The Bertz CT molecular complexity index is 486. The number of nitrogens with zero attached hydrogens (tertiary/aromatic N) is 2. The van der Waals surface area contributed by atoms with Crippen LogP contribution in [0.15, 0.2) is 35.3 Å². The molecule has 2 N–H and O–H groups in total. The van der Waals surface area contributed by atoms with E-state index in [1.54, 1.807) is 0 Å². The fourth-order valence-electron chi connectivity index (χ4n) is 2.16. The van der Waals surface area contributed by atoms with Gasteiger partial charge in [0.1, 0.15) is 0 Å². The quantitative estimate of drug-likeness (QED) is 0.563. The Morgan fingerprint density at radius 1 is 1.17 bits per heavy atom. The van der Waals surface area contributed by atoms with E-state index in [0.29, 0.717) is 19.0 Å². The zero-order valence-corrected chi connectivity index (χ0v) is 14.5. The lowest BCUT2D eigenvalue weighted by atomic mass is 10.1. The number of nitrogens with one attached hydrogen (secondary N) is 2. The molecule has 0 amide bonds. The van der Waals surface area contributed by atoms with E-state index in [1.165, 1.54) is 5.56 Å². The van der Waals surface area contributed by atoms with Gasteiger partial charge in [0.25, 0.3) is 0 Å². The Hall–Kier alpha value is -1.76. The van der Waals surface area contributed by atoms with Crippen LogP contribution < -0.4 is 10.6 Å². The maximum atomic E-state index is 12.2. The molecule has 24 heavy (non-hydrogen) atoms. The molecule has 0 aliphatic heterocycles. The van der Waals surface area contributed by atoms with Crippen molar-refractivity contribution in [2.24, 2.45) is 4.99 Å². The number of aliphatic imine (C=N–C) groups is 1. The van der Waals surface area contributed by atoms with Crippen molar-refractivity contribution in [1.82, 2.24) is 15.5 Å². The Morgan fingerprint density at radius 3 is 2.38 bits per heavy atom. The van der Waals surface area contributed by atoms with Crippen LogP contribution in [0, 0.1) is 0 Å². The number of rotatable bonds is 8. The second-order valence-corrected chi connectivity index (χ2v) is 5.82. The molecule has 1 unspecified atom stereocenters. The van der Waals surface area contributed by atoms with E-state index < -0.39 is 12.6 Å². The molecule has 0 saturated carbocycles. The van der Waals surface area contributed by atoms with Crippen molar-refractivity contribution in [3.63, 3.8) is 0 Å². The molecule has 0 aromatic heterocycles. The summed E-state index contributed by atoms with van der Waals surface area (Å²) in [5.74, 6) is 0.418. The largest absolute Gasteiger partial charge is 0.390 e. The number of guanidine groups is 1. The van der Waals surface area contributed by atoms with Crippen molar-refractivity contribution in [3.8, 4) is 0 Å². The molecule has 4 nitrogen and oxygen atoms in total. The summed E-state index contributed by atoms with van der Waals surface area (Å²) in [5.41, 5.74) is 1.21. The molecule has 7 heteroatoms. The minimum Gasteiger partial charge on any atom is -0.357 e. The predicted octanol–water partition coefficient (Wildman–Crippen LogP) is 2.67. The van der Waals surface area contributed by atoms with Gasteiger partial charge in [-0.1, -0.05) is 30.3 Å². The third-order valence-corrected chi connectivity index (χ3v) is 3.55. The van der Waals surface area contributed by atoms with Gasteiger partial charge in [0.05, 0.1) is 13.0 Å². The van der Waals surface area contributed by atoms with Gasteiger partial charge in [0, 0.05) is 19.1 Å². The van der Waals surface area contributed by atoms with E-state index in [0.717, 1.165) is 6.42 Å². The van der Waals surface area contributed by atoms with Crippen molar-refractivity contribution >= 4 is 5.96 Å². The molecule has 0 bridgehead atoms. The first-order chi connectivity index (χ1) is 11.3. The number of benzene rings is 1. The highest BCUT2D eigenvalue weighted by molar-refractivity contribution is 5.79. The summed E-state index contributed by atoms with van der Waals surface area (Å²) in [5, 5.41) is 5.72. The van der Waals surface area contributed by atoms with Crippen LogP contribution in [0.2, 0.25) is 0 Å². The van der Waals surface area contributed by atoms with E-state index >= 15 is 0 Å². The lowest BCUT2D eigenvalue weighted by molar-refractivity contribution is -0.132. The van der Waals surface area contributed by atoms with Gasteiger partial charge < -0.3 is 15.5 Å². The number of hydrogen-bond donors (Lipinski definition) is 2. The smallest absolute Gasteiger partial charge is 0.357 e. The fourth-order valence-corrected chi connectivity index (χ4v) is 2.16. The minimum atomic E-state index is -4.16.